The smallest absolute Gasteiger partial charge is 0.119 e. The zero-order valence-corrected chi connectivity index (χ0v) is 14.7. The topological polar surface area (TPSA) is 36.5 Å². The van der Waals surface area contributed by atoms with Gasteiger partial charge in [0.05, 0.1) is 13.3 Å². The van der Waals surface area contributed by atoms with Gasteiger partial charge in [0.1, 0.15) is 5.75 Å². The van der Waals surface area contributed by atoms with Crippen molar-refractivity contribution >= 4 is 0 Å². The minimum atomic E-state index is 0.410. The Kier molecular flexibility index (Phi) is 3.62. The normalized spacial score (nSPS) is 38.5. The average molecular weight is 327 g/mol. The first-order chi connectivity index (χ1) is 11.8. The van der Waals surface area contributed by atoms with E-state index in [0.717, 1.165) is 24.9 Å². The number of ether oxygens (including phenoxy) is 1. The highest BCUT2D eigenvalue weighted by Gasteiger charge is 2.54. The highest BCUT2D eigenvalue weighted by molar-refractivity contribution is 5.45. The molecule has 1 aromatic rings. The molecular formula is C20H29N3O. The highest BCUT2D eigenvalue weighted by atomic mass is 16.5. The van der Waals surface area contributed by atoms with Gasteiger partial charge in [0.25, 0.3) is 0 Å². The minimum absolute atomic E-state index is 0.410. The van der Waals surface area contributed by atoms with Crippen LogP contribution in [0, 0.1) is 5.92 Å². The summed E-state index contributed by atoms with van der Waals surface area (Å²) in [5, 5.41) is 7.14. The lowest BCUT2D eigenvalue weighted by molar-refractivity contribution is -0.0343. The Morgan fingerprint density at radius 2 is 2.21 bits per heavy atom. The van der Waals surface area contributed by atoms with Crippen LogP contribution in [0.1, 0.15) is 43.2 Å². The Balaban J connectivity index is 1.58. The third-order valence-corrected chi connectivity index (χ3v) is 7.29. The Morgan fingerprint density at radius 3 is 3.04 bits per heavy atom. The van der Waals surface area contributed by atoms with Crippen LogP contribution in [0.2, 0.25) is 0 Å². The first-order valence-electron chi connectivity index (χ1n) is 9.69. The van der Waals surface area contributed by atoms with Crippen molar-refractivity contribution < 1.29 is 4.74 Å². The molecule has 4 nitrogen and oxygen atoms in total. The van der Waals surface area contributed by atoms with Crippen LogP contribution < -0.4 is 15.4 Å². The third kappa shape index (κ3) is 2.09. The van der Waals surface area contributed by atoms with Gasteiger partial charge < -0.3 is 10.1 Å². The predicted molar refractivity (Wildman–Crippen MR) is 95.2 cm³/mol. The van der Waals surface area contributed by atoms with Gasteiger partial charge in [-0.1, -0.05) is 18.9 Å². The quantitative estimate of drug-likeness (QED) is 0.873. The molecule has 1 aromatic carbocycles. The standard InChI is InChI=1S/C20H29N3O/c1-24-15-6-5-14-10-18-16-4-2-3-7-20(16,17(14)11-15)8-9-23(18)19-12-21-13-22-19/h5-6,11,16,18-19,21-22H,2-4,7-10,12-13H2,1H3/t16-,18+,19?,20+/m1/s1. The van der Waals surface area contributed by atoms with Gasteiger partial charge in [0, 0.05) is 31.2 Å². The maximum atomic E-state index is 5.57. The summed E-state index contributed by atoms with van der Waals surface area (Å²) in [7, 11) is 1.80. The largest absolute Gasteiger partial charge is 0.497 e. The molecule has 5 rings (SSSR count). The molecule has 24 heavy (non-hydrogen) atoms. The van der Waals surface area contributed by atoms with Crippen molar-refractivity contribution in [1.82, 2.24) is 15.5 Å². The number of hydrogen-bond acceptors (Lipinski definition) is 4. The molecule has 4 atom stereocenters. The van der Waals surface area contributed by atoms with E-state index in [1.165, 1.54) is 45.1 Å². The summed E-state index contributed by atoms with van der Waals surface area (Å²) in [6.45, 7) is 3.28. The van der Waals surface area contributed by atoms with Crippen LogP contribution in [0.15, 0.2) is 18.2 Å². The van der Waals surface area contributed by atoms with Gasteiger partial charge in [-0.25, -0.2) is 0 Å². The lowest BCUT2D eigenvalue weighted by Gasteiger charge is -2.60. The zero-order chi connectivity index (χ0) is 16.1. The van der Waals surface area contributed by atoms with Crippen LogP contribution in [-0.4, -0.2) is 44.0 Å². The molecule has 0 radical (unpaired) electrons. The summed E-state index contributed by atoms with van der Waals surface area (Å²) in [6.07, 6.45) is 8.62. The van der Waals surface area contributed by atoms with E-state index in [9.17, 15) is 0 Å². The second kappa shape index (κ2) is 5.72. The molecule has 2 aliphatic carbocycles. The monoisotopic (exact) mass is 327 g/mol. The van der Waals surface area contributed by atoms with Crippen LogP contribution >= 0.6 is 0 Å². The van der Waals surface area contributed by atoms with Crippen molar-refractivity contribution in [3.05, 3.63) is 29.3 Å². The molecular weight excluding hydrogens is 298 g/mol. The third-order valence-electron chi connectivity index (χ3n) is 7.29. The van der Waals surface area contributed by atoms with E-state index in [1.807, 2.05) is 0 Å². The molecule has 2 saturated heterocycles. The molecule has 2 N–H and O–H groups in total. The Labute approximate surface area is 144 Å². The molecule has 2 heterocycles. The van der Waals surface area contributed by atoms with Crippen molar-refractivity contribution in [1.29, 1.82) is 0 Å². The number of benzene rings is 1. The van der Waals surface area contributed by atoms with Gasteiger partial charge in [0.15, 0.2) is 0 Å². The predicted octanol–water partition coefficient (Wildman–Crippen LogP) is 2.23. The molecule has 2 bridgehead atoms. The van der Waals surface area contributed by atoms with Crippen LogP contribution in [0.5, 0.6) is 5.75 Å². The number of methoxy groups -OCH3 is 1. The number of rotatable bonds is 2. The van der Waals surface area contributed by atoms with Crippen LogP contribution in [-0.2, 0) is 11.8 Å². The zero-order valence-electron chi connectivity index (χ0n) is 14.7. The second-order valence-electron chi connectivity index (χ2n) is 8.14. The fourth-order valence-electron chi connectivity index (χ4n) is 6.23. The van der Waals surface area contributed by atoms with E-state index in [4.69, 9.17) is 4.74 Å². The van der Waals surface area contributed by atoms with E-state index in [-0.39, 0.29) is 0 Å². The molecule has 1 saturated carbocycles. The van der Waals surface area contributed by atoms with E-state index >= 15 is 0 Å². The summed E-state index contributed by atoms with van der Waals surface area (Å²) in [4.78, 5) is 2.79. The lowest BCUT2D eigenvalue weighted by Crippen LogP contribution is -2.64. The molecule has 1 unspecified atom stereocenters. The highest BCUT2D eigenvalue weighted by Crippen LogP contribution is 2.56. The lowest BCUT2D eigenvalue weighted by atomic mass is 9.52. The molecule has 130 valence electrons. The molecule has 2 aliphatic heterocycles. The number of hydrogen-bond donors (Lipinski definition) is 2. The SMILES string of the molecule is COc1ccc2c(c1)[C@]13CCCC[C@@H]1[C@H](C2)N(C1CNCN1)CC3. The average Bonchev–Trinajstić information content (AvgIpc) is 3.16. The van der Waals surface area contributed by atoms with Crippen molar-refractivity contribution in [2.45, 2.75) is 56.1 Å². The van der Waals surface area contributed by atoms with Gasteiger partial charge in [-0.3, -0.25) is 10.2 Å². The van der Waals surface area contributed by atoms with Gasteiger partial charge in [-0.05, 0) is 54.9 Å². The molecule has 0 spiro atoms. The minimum Gasteiger partial charge on any atom is -0.497 e. The molecule has 0 aromatic heterocycles. The second-order valence-corrected chi connectivity index (χ2v) is 8.14. The Hall–Kier alpha value is -1.10. The van der Waals surface area contributed by atoms with Gasteiger partial charge >= 0.3 is 0 Å². The maximum absolute atomic E-state index is 5.57. The summed E-state index contributed by atoms with van der Waals surface area (Å²) in [5.74, 6) is 1.86. The van der Waals surface area contributed by atoms with Gasteiger partial charge in [-0.2, -0.15) is 0 Å². The number of likely N-dealkylation sites (tertiary alicyclic amines) is 1. The van der Waals surface area contributed by atoms with Gasteiger partial charge in [-0.15, -0.1) is 0 Å². The first-order valence-corrected chi connectivity index (χ1v) is 9.69. The van der Waals surface area contributed by atoms with Crippen LogP contribution in [0.25, 0.3) is 0 Å². The first kappa shape index (κ1) is 15.2. The van der Waals surface area contributed by atoms with Gasteiger partial charge in [0.2, 0.25) is 0 Å². The van der Waals surface area contributed by atoms with Crippen molar-refractivity contribution in [3.8, 4) is 5.75 Å². The summed E-state index contributed by atoms with van der Waals surface area (Å²) < 4.78 is 5.57. The fraction of sp³-hybridized carbons (Fsp3) is 0.700. The van der Waals surface area contributed by atoms with Crippen LogP contribution in [0.3, 0.4) is 0 Å². The van der Waals surface area contributed by atoms with E-state index < -0.39 is 0 Å². The molecule has 3 fully saturated rings. The summed E-state index contributed by atoms with van der Waals surface area (Å²) in [6, 6.07) is 7.58. The Bertz CT molecular complexity index is 627. The maximum Gasteiger partial charge on any atom is 0.119 e. The Morgan fingerprint density at radius 1 is 1.25 bits per heavy atom. The van der Waals surface area contributed by atoms with E-state index in [0.29, 0.717) is 17.6 Å². The van der Waals surface area contributed by atoms with E-state index in [2.05, 4.69) is 33.7 Å². The van der Waals surface area contributed by atoms with Crippen molar-refractivity contribution in [2.75, 3.05) is 26.9 Å². The van der Waals surface area contributed by atoms with Crippen LogP contribution in [0.4, 0.5) is 0 Å². The number of nitrogens with zero attached hydrogens (tertiary/aromatic N) is 1. The fourth-order valence-corrected chi connectivity index (χ4v) is 6.23. The number of fused-ring (bicyclic) bond motifs is 1. The molecule has 0 amide bonds. The number of nitrogens with one attached hydrogen (secondary N) is 2. The summed E-state index contributed by atoms with van der Waals surface area (Å²) >= 11 is 0. The number of piperidine rings is 1. The van der Waals surface area contributed by atoms with Crippen molar-refractivity contribution in [2.24, 2.45) is 5.92 Å². The molecule has 4 heteroatoms. The van der Waals surface area contributed by atoms with E-state index in [1.54, 1.807) is 18.2 Å². The summed E-state index contributed by atoms with van der Waals surface area (Å²) in [5.41, 5.74) is 3.61. The molecule has 4 aliphatic rings. The van der Waals surface area contributed by atoms with Crippen molar-refractivity contribution in [3.63, 3.8) is 0 Å².